The third-order valence-corrected chi connectivity index (χ3v) is 3.86. The summed E-state index contributed by atoms with van der Waals surface area (Å²) < 4.78 is 0. The number of allylic oxidation sites excluding steroid dienone is 1. The molecule has 0 spiro atoms. The summed E-state index contributed by atoms with van der Waals surface area (Å²) in [4.78, 5) is 11.7. The molecule has 4 nitrogen and oxygen atoms in total. The maximum atomic E-state index is 11.7. The molecular formula is C16H23N3O. The monoisotopic (exact) mass is 273 g/mol. The molecule has 1 aromatic rings. The summed E-state index contributed by atoms with van der Waals surface area (Å²) >= 11 is 0. The minimum atomic E-state index is -0.521. The van der Waals surface area contributed by atoms with Crippen LogP contribution < -0.4 is 16.4 Å². The number of benzene rings is 1. The Labute approximate surface area is 120 Å². The topological polar surface area (TPSA) is 67.1 Å². The molecule has 4 heteroatoms. The van der Waals surface area contributed by atoms with Crippen LogP contribution in [-0.2, 0) is 17.6 Å². The number of hydrogen-bond donors (Lipinski definition) is 3. The largest absolute Gasteiger partial charge is 0.399 e. The van der Waals surface area contributed by atoms with Gasteiger partial charge in [-0.25, -0.2) is 0 Å². The summed E-state index contributed by atoms with van der Waals surface area (Å²) in [5.41, 5.74) is 8.55. The molecule has 1 aliphatic rings. The quantitative estimate of drug-likeness (QED) is 0.565. The van der Waals surface area contributed by atoms with E-state index in [2.05, 4.69) is 23.6 Å². The van der Waals surface area contributed by atoms with E-state index in [1.54, 1.807) is 0 Å². The molecule has 0 radical (unpaired) electrons. The number of fused-ring (bicyclic) bond motifs is 1. The highest BCUT2D eigenvalue weighted by Gasteiger charge is 2.34. The summed E-state index contributed by atoms with van der Waals surface area (Å²) in [5, 5.41) is 6.49. The van der Waals surface area contributed by atoms with Crippen molar-refractivity contribution >= 4 is 12.0 Å². The molecule has 108 valence electrons. The van der Waals surface area contributed by atoms with Gasteiger partial charge in [0, 0.05) is 19.2 Å². The molecular weight excluding hydrogens is 250 g/mol. The molecule has 1 unspecified atom stereocenters. The standard InChI is InChI=1S/C16H23N3O/c1-3-4-15(18-2)19-16(11-20)8-7-12-9-14(17)6-5-13(12)10-16/h4-6,9,11,18-19H,3,7-8,10,17H2,1-2H3/b15-4-. The highest BCUT2D eigenvalue weighted by molar-refractivity contribution is 5.67. The molecule has 20 heavy (non-hydrogen) atoms. The second-order valence-corrected chi connectivity index (χ2v) is 5.38. The molecule has 4 N–H and O–H groups in total. The first kappa shape index (κ1) is 14.4. The van der Waals surface area contributed by atoms with E-state index in [9.17, 15) is 4.79 Å². The number of rotatable bonds is 5. The van der Waals surface area contributed by atoms with Gasteiger partial charge in [-0.05, 0) is 48.6 Å². The van der Waals surface area contributed by atoms with E-state index in [0.717, 1.165) is 37.1 Å². The first-order valence-corrected chi connectivity index (χ1v) is 7.12. The van der Waals surface area contributed by atoms with Crippen LogP contribution in [0, 0.1) is 0 Å². The summed E-state index contributed by atoms with van der Waals surface area (Å²) in [6.07, 6.45) is 6.39. The molecule has 0 aliphatic heterocycles. The maximum Gasteiger partial charge on any atom is 0.145 e. The second kappa shape index (κ2) is 5.99. The van der Waals surface area contributed by atoms with Gasteiger partial charge in [-0.15, -0.1) is 0 Å². The van der Waals surface area contributed by atoms with Gasteiger partial charge in [0.1, 0.15) is 6.29 Å². The predicted molar refractivity (Wildman–Crippen MR) is 82.2 cm³/mol. The molecule has 0 fully saturated rings. The normalized spacial score (nSPS) is 22.0. The highest BCUT2D eigenvalue weighted by Crippen LogP contribution is 2.29. The van der Waals surface area contributed by atoms with Gasteiger partial charge in [0.05, 0.1) is 11.4 Å². The molecule has 1 aromatic carbocycles. The number of nitrogens with two attached hydrogens (primary N) is 1. The van der Waals surface area contributed by atoms with Crippen molar-refractivity contribution in [3.8, 4) is 0 Å². The molecule has 2 rings (SSSR count). The van der Waals surface area contributed by atoms with Crippen LogP contribution in [0.2, 0.25) is 0 Å². The third kappa shape index (κ3) is 2.95. The van der Waals surface area contributed by atoms with Gasteiger partial charge in [0.2, 0.25) is 0 Å². The van der Waals surface area contributed by atoms with Crippen LogP contribution in [0.4, 0.5) is 5.69 Å². The van der Waals surface area contributed by atoms with Gasteiger partial charge >= 0.3 is 0 Å². The van der Waals surface area contributed by atoms with Crippen LogP contribution in [0.1, 0.15) is 30.9 Å². The Morgan fingerprint density at radius 1 is 1.45 bits per heavy atom. The first-order chi connectivity index (χ1) is 9.62. The fourth-order valence-electron chi connectivity index (χ4n) is 2.76. The van der Waals surface area contributed by atoms with Crippen molar-refractivity contribution in [3.63, 3.8) is 0 Å². The molecule has 0 heterocycles. The van der Waals surface area contributed by atoms with E-state index >= 15 is 0 Å². The van der Waals surface area contributed by atoms with Crippen LogP contribution in [-0.4, -0.2) is 18.9 Å². The van der Waals surface area contributed by atoms with Crippen molar-refractivity contribution in [3.05, 3.63) is 41.2 Å². The maximum absolute atomic E-state index is 11.7. The Bertz CT molecular complexity index is 524. The number of nitrogen functional groups attached to an aromatic ring is 1. The van der Waals surface area contributed by atoms with E-state index in [1.165, 1.54) is 11.1 Å². The van der Waals surface area contributed by atoms with Crippen molar-refractivity contribution in [1.82, 2.24) is 10.6 Å². The minimum absolute atomic E-state index is 0.521. The van der Waals surface area contributed by atoms with E-state index in [4.69, 9.17) is 5.73 Å². The SMILES string of the molecule is CC/C=C(/NC)NC1(C=O)CCc2cc(N)ccc2C1. The molecule has 1 atom stereocenters. The second-order valence-electron chi connectivity index (χ2n) is 5.38. The van der Waals surface area contributed by atoms with Gasteiger partial charge in [0.25, 0.3) is 0 Å². The number of carbonyl (C=O) groups excluding carboxylic acids is 1. The van der Waals surface area contributed by atoms with E-state index in [1.807, 2.05) is 25.2 Å². The molecule has 0 amide bonds. The van der Waals surface area contributed by atoms with Crippen LogP contribution in [0.5, 0.6) is 0 Å². The van der Waals surface area contributed by atoms with Crippen molar-refractivity contribution < 1.29 is 4.79 Å². The van der Waals surface area contributed by atoms with Crippen LogP contribution >= 0.6 is 0 Å². The van der Waals surface area contributed by atoms with Crippen LogP contribution in [0.25, 0.3) is 0 Å². The third-order valence-electron chi connectivity index (χ3n) is 3.86. The zero-order chi connectivity index (χ0) is 14.6. The number of hydrogen-bond acceptors (Lipinski definition) is 4. The molecule has 0 saturated heterocycles. The average molecular weight is 273 g/mol. The van der Waals surface area contributed by atoms with Crippen molar-refractivity contribution in [1.29, 1.82) is 0 Å². The lowest BCUT2D eigenvalue weighted by molar-refractivity contribution is -0.113. The van der Waals surface area contributed by atoms with E-state index in [-0.39, 0.29) is 0 Å². The van der Waals surface area contributed by atoms with Crippen molar-refractivity contribution in [2.75, 3.05) is 12.8 Å². The Morgan fingerprint density at radius 3 is 2.90 bits per heavy atom. The van der Waals surface area contributed by atoms with E-state index in [0.29, 0.717) is 6.42 Å². The summed E-state index contributed by atoms with van der Waals surface area (Å²) in [6.45, 7) is 2.07. The number of nitrogens with one attached hydrogen (secondary N) is 2. The van der Waals surface area contributed by atoms with Crippen LogP contribution in [0.3, 0.4) is 0 Å². The summed E-state index contributed by atoms with van der Waals surface area (Å²) in [6, 6.07) is 5.96. The lowest BCUT2D eigenvalue weighted by Crippen LogP contribution is -2.52. The number of anilines is 1. The fraction of sp³-hybridized carbons (Fsp3) is 0.438. The Balaban J connectivity index is 2.24. The molecule has 0 saturated carbocycles. The Morgan fingerprint density at radius 2 is 2.25 bits per heavy atom. The molecule has 0 aromatic heterocycles. The number of aldehydes is 1. The predicted octanol–water partition coefficient (Wildman–Crippen LogP) is 1.76. The Hall–Kier alpha value is -1.97. The smallest absolute Gasteiger partial charge is 0.145 e. The van der Waals surface area contributed by atoms with Gasteiger partial charge in [-0.3, -0.25) is 0 Å². The fourth-order valence-corrected chi connectivity index (χ4v) is 2.76. The van der Waals surface area contributed by atoms with Crippen molar-refractivity contribution in [2.45, 2.75) is 38.1 Å². The highest BCUT2D eigenvalue weighted by atomic mass is 16.1. The van der Waals surface area contributed by atoms with Crippen LogP contribution in [0.15, 0.2) is 30.1 Å². The lowest BCUT2D eigenvalue weighted by Gasteiger charge is -2.36. The van der Waals surface area contributed by atoms with Gasteiger partial charge in [-0.1, -0.05) is 13.0 Å². The van der Waals surface area contributed by atoms with Gasteiger partial charge < -0.3 is 21.2 Å². The minimum Gasteiger partial charge on any atom is -0.399 e. The van der Waals surface area contributed by atoms with Gasteiger partial charge in [0.15, 0.2) is 0 Å². The van der Waals surface area contributed by atoms with Gasteiger partial charge in [-0.2, -0.15) is 0 Å². The molecule has 1 aliphatic carbocycles. The summed E-state index contributed by atoms with van der Waals surface area (Å²) in [7, 11) is 1.87. The van der Waals surface area contributed by atoms with E-state index < -0.39 is 5.54 Å². The van der Waals surface area contributed by atoms with Crippen molar-refractivity contribution in [2.24, 2.45) is 0 Å². The Kier molecular flexibility index (Phi) is 4.32. The summed E-state index contributed by atoms with van der Waals surface area (Å²) in [5.74, 6) is 0.915. The number of aryl methyl sites for hydroxylation is 1. The molecule has 0 bridgehead atoms. The zero-order valence-electron chi connectivity index (χ0n) is 12.2. The lowest BCUT2D eigenvalue weighted by atomic mass is 9.78. The first-order valence-electron chi connectivity index (χ1n) is 7.12. The zero-order valence-corrected chi connectivity index (χ0v) is 12.2. The average Bonchev–Trinajstić information content (AvgIpc) is 2.47. The number of carbonyl (C=O) groups is 1.